The predicted octanol–water partition coefficient (Wildman–Crippen LogP) is 2.10. The van der Waals surface area contributed by atoms with Crippen LogP contribution < -0.4 is 14.8 Å². The van der Waals surface area contributed by atoms with Crippen LogP contribution in [-0.4, -0.2) is 39.6 Å². The van der Waals surface area contributed by atoms with E-state index in [0.29, 0.717) is 25.0 Å². The third kappa shape index (κ3) is 6.63. The van der Waals surface area contributed by atoms with Gasteiger partial charge in [0.05, 0.1) is 13.3 Å². The maximum atomic E-state index is 12.1. The number of halogens is 1. The minimum Gasteiger partial charge on any atom is -0.481 e. The summed E-state index contributed by atoms with van der Waals surface area (Å²) in [5.41, 5.74) is 0. The molecule has 0 aliphatic heterocycles. The van der Waals surface area contributed by atoms with Crippen molar-refractivity contribution in [2.45, 2.75) is 49.5 Å². The van der Waals surface area contributed by atoms with Crippen LogP contribution in [0, 0.1) is 0 Å². The first kappa shape index (κ1) is 20.2. The Morgan fingerprint density at radius 1 is 1.17 bits per heavy atom. The lowest BCUT2D eigenvalue weighted by Gasteiger charge is -2.16. The van der Waals surface area contributed by atoms with Crippen LogP contribution in [0.1, 0.15) is 38.5 Å². The molecule has 2 rings (SSSR count). The van der Waals surface area contributed by atoms with Crippen molar-refractivity contribution < 1.29 is 13.2 Å². The fourth-order valence-corrected chi connectivity index (χ4v) is 3.65. The van der Waals surface area contributed by atoms with Crippen LogP contribution in [0.4, 0.5) is 0 Å². The summed E-state index contributed by atoms with van der Waals surface area (Å²) in [5, 5.41) is 3.44. The number of aromatic nitrogens is 1. The molecule has 8 heteroatoms. The second-order valence-corrected chi connectivity index (χ2v) is 7.34. The van der Waals surface area contributed by atoms with Gasteiger partial charge in [0.25, 0.3) is 0 Å². The molecule has 0 saturated heterocycles. The average molecular weight is 364 g/mol. The maximum absolute atomic E-state index is 12.1. The van der Waals surface area contributed by atoms with Gasteiger partial charge in [-0.25, -0.2) is 18.1 Å². The van der Waals surface area contributed by atoms with Crippen molar-refractivity contribution in [2.24, 2.45) is 0 Å². The van der Waals surface area contributed by atoms with E-state index in [9.17, 15) is 8.42 Å². The highest BCUT2D eigenvalue weighted by molar-refractivity contribution is 7.89. The third-order valence-corrected chi connectivity index (χ3v) is 5.38. The molecule has 6 nitrogen and oxygen atoms in total. The van der Waals surface area contributed by atoms with Gasteiger partial charge in [0, 0.05) is 25.2 Å². The van der Waals surface area contributed by atoms with E-state index >= 15 is 0 Å². The Kier molecular flexibility index (Phi) is 8.83. The normalized spacial score (nSPS) is 16.4. The van der Waals surface area contributed by atoms with Crippen molar-refractivity contribution in [1.29, 1.82) is 0 Å². The highest BCUT2D eigenvalue weighted by Crippen LogP contribution is 2.17. The van der Waals surface area contributed by atoms with E-state index in [-0.39, 0.29) is 17.3 Å². The fraction of sp³-hybridized carbons (Fsp3) is 0.667. The van der Waals surface area contributed by atoms with Gasteiger partial charge in [-0.05, 0) is 18.9 Å². The van der Waals surface area contributed by atoms with E-state index in [1.807, 2.05) is 0 Å². The van der Waals surface area contributed by atoms with Gasteiger partial charge in [-0.1, -0.05) is 25.7 Å². The Labute approximate surface area is 144 Å². The van der Waals surface area contributed by atoms with Crippen LogP contribution in [0.5, 0.6) is 5.88 Å². The molecule has 2 N–H and O–H groups in total. The maximum Gasteiger partial charge on any atom is 0.242 e. The number of sulfonamides is 1. The molecule has 1 heterocycles. The first-order chi connectivity index (χ1) is 10.6. The van der Waals surface area contributed by atoms with Gasteiger partial charge in [-0.2, -0.15) is 0 Å². The van der Waals surface area contributed by atoms with E-state index in [0.717, 1.165) is 0 Å². The van der Waals surface area contributed by atoms with E-state index in [1.165, 1.54) is 57.9 Å². The Morgan fingerprint density at radius 2 is 1.87 bits per heavy atom. The molecule has 1 aliphatic carbocycles. The molecule has 1 aliphatic rings. The van der Waals surface area contributed by atoms with Gasteiger partial charge in [0.1, 0.15) is 4.90 Å². The van der Waals surface area contributed by atoms with Gasteiger partial charge in [-0.3, -0.25) is 0 Å². The molecule has 0 spiro atoms. The molecule has 132 valence electrons. The van der Waals surface area contributed by atoms with Gasteiger partial charge in [0.2, 0.25) is 15.9 Å². The van der Waals surface area contributed by atoms with E-state index < -0.39 is 10.0 Å². The number of nitrogens with zero attached hydrogens (tertiary/aromatic N) is 1. The predicted molar refractivity (Wildman–Crippen MR) is 92.7 cm³/mol. The van der Waals surface area contributed by atoms with Gasteiger partial charge in [0.15, 0.2) is 0 Å². The Hall–Kier alpha value is -0.890. The molecular formula is C15H26ClN3O3S. The lowest BCUT2D eigenvalue weighted by molar-refractivity contribution is 0.397. The molecule has 0 unspecified atom stereocenters. The summed E-state index contributed by atoms with van der Waals surface area (Å²) in [6, 6.07) is 3.56. The monoisotopic (exact) mass is 363 g/mol. The minimum absolute atomic E-state index is 0. The van der Waals surface area contributed by atoms with Crippen LogP contribution in [0.15, 0.2) is 23.2 Å². The highest BCUT2D eigenvalue weighted by Gasteiger charge is 2.15. The van der Waals surface area contributed by atoms with Crippen molar-refractivity contribution in [1.82, 2.24) is 15.0 Å². The molecule has 23 heavy (non-hydrogen) atoms. The summed E-state index contributed by atoms with van der Waals surface area (Å²) in [6.45, 7) is 1.03. The zero-order valence-corrected chi connectivity index (χ0v) is 15.1. The van der Waals surface area contributed by atoms with Crippen LogP contribution >= 0.6 is 12.4 Å². The number of hydrogen-bond acceptors (Lipinski definition) is 5. The van der Waals surface area contributed by atoms with E-state index in [2.05, 4.69) is 15.0 Å². The number of pyridine rings is 1. The fourth-order valence-electron chi connectivity index (χ4n) is 2.67. The third-order valence-electron chi connectivity index (χ3n) is 3.93. The largest absolute Gasteiger partial charge is 0.481 e. The molecule has 1 saturated carbocycles. The molecule has 1 fully saturated rings. The van der Waals surface area contributed by atoms with Gasteiger partial charge >= 0.3 is 0 Å². The van der Waals surface area contributed by atoms with E-state index in [4.69, 9.17) is 4.74 Å². The van der Waals surface area contributed by atoms with E-state index in [1.54, 1.807) is 6.07 Å². The second-order valence-electron chi connectivity index (χ2n) is 5.58. The first-order valence-electron chi connectivity index (χ1n) is 7.85. The summed E-state index contributed by atoms with van der Waals surface area (Å²) in [6.07, 6.45) is 8.84. The summed E-state index contributed by atoms with van der Waals surface area (Å²) in [4.78, 5) is 4.07. The number of ether oxygens (including phenoxy) is 1. The van der Waals surface area contributed by atoms with Gasteiger partial charge in [-0.15, -0.1) is 12.4 Å². The molecular weight excluding hydrogens is 338 g/mol. The van der Waals surface area contributed by atoms with Crippen molar-refractivity contribution >= 4 is 22.4 Å². The smallest absolute Gasteiger partial charge is 0.242 e. The lowest BCUT2D eigenvalue weighted by Crippen LogP contribution is -2.36. The molecule has 1 aromatic heterocycles. The Bertz CT molecular complexity index is 544. The zero-order chi connectivity index (χ0) is 15.8. The van der Waals surface area contributed by atoms with Crippen molar-refractivity contribution in [3.8, 4) is 5.88 Å². The molecule has 1 aromatic rings. The van der Waals surface area contributed by atoms with Crippen molar-refractivity contribution in [3.05, 3.63) is 18.3 Å². The lowest BCUT2D eigenvalue weighted by atomic mass is 10.1. The highest BCUT2D eigenvalue weighted by atomic mass is 35.5. The van der Waals surface area contributed by atoms with Gasteiger partial charge < -0.3 is 10.1 Å². The number of nitrogens with one attached hydrogen (secondary N) is 2. The summed E-state index contributed by atoms with van der Waals surface area (Å²) >= 11 is 0. The quantitative estimate of drug-likeness (QED) is 0.572. The number of hydrogen-bond donors (Lipinski definition) is 2. The zero-order valence-electron chi connectivity index (χ0n) is 13.5. The number of rotatable bonds is 7. The Balaban J connectivity index is 0.00000264. The second kappa shape index (κ2) is 10.1. The van der Waals surface area contributed by atoms with Crippen LogP contribution in [0.3, 0.4) is 0 Å². The average Bonchev–Trinajstić information content (AvgIpc) is 2.80. The first-order valence-corrected chi connectivity index (χ1v) is 9.33. The number of methoxy groups -OCH3 is 1. The van der Waals surface area contributed by atoms with Crippen LogP contribution in [0.2, 0.25) is 0 Å². The molecule has 0 bridgehead atoms. The minimum atomic E-state index is -3.50. The molecule has 0 radical (unpaired) electrons. The topological polar surface area (TPSA) is 80.3 Å². The summed E-state index contributed by atoms with van der Waals surface area (Å²) in [5.74, 6) is 0.397. The van der Waals surface area contributed by atoms with Crippen molar-refractivity contribution in [2.75, 3.05) is 20.2 Å². The molecule has 0 amide bonds. The van der Waals surface area contributed by atoms with Crippen LogP contribution in [0.25, 0.3) is 0 Å². The molecule has 0 atom stereocenters. The summed E-state index contributed by atoms with van der Waals surface area (Å²) in [7, 11) is -2.01. The summed E-state index contributed by atoms with van der Waals surface area (Å²) < 4.78 is 31.8. The van der Waals surface area contributed by atoms with Crippen molar-refractivity contribution in [3.63, 3.8) is 0 Å². The SMILES string of the molecule is COc1ccc(S(=O)(=O)NCCNC2CCCCCC2)cn1.Cl. The molecule has 0 aromatic carbocycles. The Morgan fingerprint density at radius 3 is 2.43 bits per heavy atom. The standard InChI is InChI=1S/C15H25N3O3S.ClH/c1-21-15-9-8-14(12-17-15)22(19,20)18-11-10-16-13-6-4-2-3-5-7-13;/h8-9,12-13,16,18H,2-7,10-11H2,1H3;1H. The van der Waals surface area contributed by atoms with Crippen LogP contribution in [-0.2, 0) is 10.0 Å².